The van der Waals surface area contributed by atoms with Gasteiger partial charge in [-0.3, -0.25) is 4.79 Å². The van der Waals surface area contributed by atoms with E-state index in [0.29, 0.717) is 18.4 Å². The molecule has 1 saturated heterocycles. The van der Waals surface area contributed by atoms with Crippen molar-refractivity contribution in [2.45, 2.75) is 37.3 Å². The smallest absolute Gasteiger partial charge is 0.253 e. The summed E-state index contributed by atoms with van der Waals surface area (Å²) in [6.07, 6.45) is 7.91. The topological polar surface area (TPSA) is 50.4 Å². The highest BCUT2D eigenvalue weighted by molar-refractivity contribution is 6.00. The second-order valence-corrected chi connectivity index (χ2v) is 8.00. The van der Waals surface area contributed by atoms with Crippen LogP contribution in [0.4, 0.5) is 5.69 Å². The first-order chi connectivity index (χ1) is 13.8. The fourth-order valence-corrected chi connectivity index (χ4v) is 4.91. The number of allylic oxidation sites excluding steroid dienone is 2. The lowest BCUT2D eigenvalue weighted by molar-refractivity contribution is 0.0858. The highest BCUT2D eigenvalue weighted by Crippen LogP contribution is 2.50. The molecule has 0 bridgehead atoms. The molecule has 1 amide bonds. The van der Waals surface area contributed by atoms with Gasteiger partial charge in [0.1, 0.15) is 0 Å². The van der Waals surface area contributed by atoms with Crippen LogP contribution < -0.4 is 10.6 Å². The average Bonchev–Trinajstić information content (AvgIpc) is 3.43. The number of anilines is 1. The van der Waals surface area contributed by atoms with Gasteiger partial charge in [0.15, 0.2) is 0 Å². The van der Waals surface area contributed by atoms with E-state index in [1.54, 1.807) is 0 Å². The number of carbonyl (C=O) groups is 1. The fraction of sp³-hybridized carbons (Fsp3) is 0.375. The Morgan fingerprint density at radius 2 is 2.04 bits per heavy atom. The maximum atomic E-state index is 13.0. The summed E-state index contributed by atoms with van der Waals surface area (Å²) in [5.74, 6) is 0.819. The third-order valence-corrected chi connectivity index (χ3v) is 6.31. The summed E-state index contributed by atoms with van der Waals surface area (Å²) >= 11 is 0. The molecule has 2 aromatic carbocycles. The number of benzene rings is 2. The minimum absolute atomic E-state index is 0.0212. The van der Waals surface area contributed by atoms with Gasteiger partial charge in [0, 0.05) is 19.1 Å². The molecule has 144 valence electrons. The van der Waals surface area contributed by atoms with Crippen molar-refractivity contribution in [2.75, 3.05) is 18.5 Å². The Hall–Kier alpha value is -2.59. The Kier molecular flexibility index (Phi) is 4.65. The van der Waals surface area contributed by atoms with E-state index in [-0.39, 0.29) is 18.1 Å². The van der Waals surface area contributed by atoms with E-state index in [1.165, 1.54) is 11.1 Å². The summed E-state index contributed by atoms with van der Waals surface area (Å²) in [7, 11) is 0. The van der Waals surface area contributed by atoms with E-state index in [9.17, 15) is 4.79 Å². The number of carbonyl (C=O) groups excluding carboxylic acids is 1. The van der Waals surface area contributed by atoms with Gasteiger partial charge >= 0.3 is 0 Å². The molecule has 1 aliphatic carbocycles. The zero-order valence-corrected chi connectivity index (χ0v) is 15.9. The molecular formula is C24H26N2O2. The first-order valence-corrected chi connectivity index (χ1v) is 10.3. The number of fused-ring (bicyclic) bond motifs is 3. The zero-order valence-electron chi connectivity index (χ0n) is 15.9. The van der Waals surface area contributed by atoms with E-state index in [1.807, 2.05) is 12.1 Å². The minimum atomic E-state index is -0.0212. The van der Waals surface area contributed by atoms with E-state index >= 15 is 0 Å². The highest BCUT2D eigenvalue weighted by Gasteiger charge is 2.39. The lowest BCUT2D eigenvalue weighted by Crippen LogP contribution is -2.34. The van der Waals surface area contributed by atoms with Crippen molar-refractivity contribution in [1.29, 1.82) is 0 Å². The fourth-order valence-electron chi connectivity index (χ4n) is 4.91. The van der Waals surface area contributed by atoms with Crippen molar-refractivity contribution < 1.29 is 9.53 Å². The largest absolute Gasteiger partial charge is 0.377 e. The first-order valence-electron chi connectivity index (χ1n) is 10.3. The van der Waals surface area contributed by atoms with Crippen LogP contribution in [0.1, 0.15) is 52.7 Å². The van der Waals surface area contributed by atoms with Gasteiger partial charge in [-0.05, 0) is 42.4 Å². The van der Waals surface area contributed by atoms with Crippen LogP contribution in [-0.4, -0.2) is 25.2 Å². The Labute approximate surface area is 166 Å². The van der Waals surface area contributed by atoms with Crippen molar-refractivity contribution in [3.63, 3.8) is 0 Å². The molecule has 4 heteroatoms. The van der Waals surface area contributed by atoms with E-state index in [2.05, 4.69) is 59.2 Å². The van der Waals surface area contributed by atoms with Crippen LogP contribution in [0.25, 0.3) is 0 Å². The quantitative estimate of drug-likeness (QED) is 0.779. The van der Waals surface area contributed by atoms with Gasteiger partial charge in [-0.2, -0.15) is 0 Å². The average molecular weight is 374 g/mol. The Bertz CT molecular complexity index is 887. The molecule has 2 heterocycles. The molecular weight excluding hydrogens is 348 g/mol. The summed E-state index contributed by atoms with van der Waals surface area (Å²) < 4.78 is 5.64. The second-order valence-electron chi connectivity index (χ2n) is 8.00. The molecule has 0 aromatic heterocycles. The van der Waals surface area contributed by atoms with Crippen LogP contribution in [-0.2, 0) is 4.74 Å². The summed E-state index contributed by atoms with van der Waals surface area (Å²) in [5, 5.41) is 6.81. The summed E-state index contributed by atoms with van der Waals surface area (Å²) in [4.78, 5) is 13.0. The molecule has 28 heavy (non-hydrogen) atoms. The molecule has 2 aliphatic heterocycles. The summed E-state index contributed by atoms with van der Waals surface area (Å²) in [5.41, 5.74) is 4.22. The summed E-state index contributed by atoms with van der Waals surface area (Å²) in [6.45, 7) is 1.38. The molecule has 0 saturated carbocycles. The molecule has 1 fully saturated rings. The Morgan fingerprint density at radius 3 is 2.86 bits per heavy atom. The molecule has 0 radical (unpaired) electrons. The minimum Gasteiger partial charge on any atom is -0.377 e. The van der Waals surface area contributed by atoms with E-state index in [4.69, 9.17) is 4.74 Å². The molecule has 4 atom stereocenters. The first kappa shape index (κ1) is 17.5. The number of para-hydroxylation sites is 1. The van der Waals surface area contributed by atoms with Crippen molar-refractivity contribution in [2.24, 2.45) is 5.92 Å². The van der Waals surface area contributed by atoms with Crippen molar-refractivity contribution in [1.82, 2.24) is 5.32 Å². The van der Waals surface area contributed by atoms with E-state index in [0.717, 1.165) is 37.1 Å². The van der Waals surface area contributed by atoms with Crippen LogP contribution in [0.5, 0.6) is 0 Å². The number of rotatable bonds is 4. The molecule has 2 aromatic rings. The van der Waals surface area contributed by atoms with Gasteiger partial charge in [0.25, 0.3) is 5.91 Å². The van der Waals surface area contributed by atoms with Crippen molar-refractivity contribution in [3.8, 4) is 0 Å². The highest BCUT2D eigenvalue weighted by atomic mass is 16.5. The summed E-state index contributed by atoms with van der Waals surface area (Å²) in [6, 6.07) is 16.9. The maximum Gasteiger partial charge on any atom is 0.253 e. The maximum absolute atomic E-state index is 13.0. The van der Waals surface area contributed by atoms with Crippen LogP contribution >= 0.6 is 0 Å². The predicted molar refractivity (Wildman–Crippen MR) is 111 cm³/mol. The number of hydrogen-bond donors (Lipinski definition) is 2. The monoisotopic (exact) mass is 374 g/mol. The third-order valence-electron chi connectivity index (χ3n) is 6.31. The number of hydrogen-bond acceptors (Lipinski definition) is 3. The van der Waals surface area contributed by atoms with E-state index < -0.39 is 0 Å². The zero-order chi connectivity index (χ0) is 18.9. The lowest BCUT2D eigenvalue weighted by atomic mass is 9.76. The number of amides is 1. The van der Waals surface area contributed by atoms with Gasteiger partial charge in [-0.15, -0.1) is 0 Å². The lowest BCUT2D eigenvalue weighted by Gasteiger charge is -2.38. The van der Waals surface area contributed by atoms with Gasteiger partial charge in [0.05, 0.1) is 23.4 Å². The van der Waals surface area contributed by atoms with Crippen molar-refractivity contribution >= 4 is 11.6 Å². The normalized spacial score (nSPS) is 27.7. The van der Waals surface area contributed by atoms with Crippen LogP contribution in [0, 0.1) is 5.92 Å². The standard InChI is InChI=1S/C24H26N2O2/c27-24(25-15-17-9-6-14-28-17)21-13-5-12-20-18-10-4-11-19(18)22(26-23(20)21)16-7-2-1-3-8-16/h1-5,7-8,10,12-13,17-19,22,26H,6,9,11,14-15H2,(H,25,27). The third kappa shape index (κ3) is 3.12. The SMILES string of the molecule is O=C(NCC1CCCO1)c1cccc2c1NC(c1ccccc1)C1CC=CC21. The predicted octanol–water partition coefficient (Wildman–Crippen LogP) is 4.42. The molecule has 0 spiro atoms. The van der Waals surface area contributed by atoms with Crippen LogP contribution in [0.2, 0.25) is 0 Å². The number of ether oxygens (including phenoxy) is 1. The Balaban J connectivity index is 1.45. The van der Waals surface area contributed by atoms with Gasteiger partial charge in [0.2, 0.25) is 0 Å². The molecule has 4 unspecified atom stereocenters. The molecule has 4 nitrogen and oxygen atoms in total. The van der Waals surface area contributed by atoms with Crippen molar-refractivity contribution in [3.05, 3.63) is 77.4 Å². The Morgan fingerprint density at radius 1 is 1.14 bits per heavy atom. The van der Waals surface area contributed by atoms with Gasteiger partial charge in [-0.1, -0.05) is 54.6 Å². The van der Waals surface area contributed by atoms with Gasteiger partial charge < -0.3 is 15.4 Å². The molecule has 5 rings (SSSR count). The second kappa shape index (κ2) is 7.44. The number of nitrogens with one attached hydrogen (secondary N) is 2. The van der Waals surface area contributed by atoms with Crippen LogP contribution in [0.15, 0.2) is 60.7 Å². The van der Waals surface area contributed by atoms with Gasteiger partial charge in [-0.25, -0.2) is 0 Å². The van der Waals surface area contributed by atoms with Crippen LogP contribution in [0.3, 0.4) is 0 Å². The molecule has 2 N–H and O–H groups in total. The molecule has 3 aliphatic rings.